The summed E-state index contributed by atoms with van der Waals surface area (Å²) in [4.78, 5) is 25.8. The molecule has 0 radical (unpaired) electrons. The van der Waals surface area contributed by atoms with Crippen LogP contribution in [-0.4, -0.2) is 40.8 Å². The minimum Gasteiger partial charge on any atom is -0.464 e. The smallest absolute Gasteiger partial charge is 0.245 e. The number of aryl methyl sites for hydroxylation is 1. The van der Waals surface area contributed by atoms with Gasteiger partial charge in [0.2, 0.25) is 11.8 Å². The van der Waals surface area contributed by atoms with Crippen molar-refractivity contribution in [2.45, 2.75) is 31.8 Å². The van der Waals surface area contributed by atoms with Crippen LogP contribution in [0.1, 0.15) is 30.4 Å². The number of hydrogen-bond donors (Lipinski definition) is 1. The third kappa shape index (κ3) is 2.57. The van der Waals surface area contributed by atoms with Gasteiger partial charge in [-0.1, -0.05) is 0 Å². The van der Waals surface area contributed by atoms with E-state index in [-0.39, 0.29) is 23.9 Å². The Kier molecular flexibility index (Phi) is 3.74. The van der Waals surface area contributed by atoms with E-state index in [1.54, 1.807) is 0 Å². The van der Waals surface area contributed by atoms with Crippen LogP contribution in [-0.2, 0) is 9.59 Å². The van der Waals surface area contributed by atoms with Crippen molar-refractivity contribution in [1.82, 2.24) is 10.2 Å². The summed E-state index contributed by atoms with van der Waals surface area (Å²) in [5.74, 6) is 3.47. The fraction of sp³-hybridized carbons (Fsp3) is 0.571. The van der Waals surface area contributed by atoms with E-state index in [1.165, 1.54) is 0 Å². The van der Waals surface area contributed by atoms with Crippen molar-refractivity contribution in [3.8, 4) is 0 Å². The first-order chi connectivity index (χ1) is 9.65. The van der Waals surface area contributed by atoms with Gasteiger partial charge in [0, 0.05) is 24.5 Å². The summed E-state index contributed by atoms with van der Waals surface area (Å²) in [5.41, 5.74) is 0. The summed E-state index contributed by atoms with van der Waals surface area (Å²) in [6.45, 7) is 2.61. The van der Waals surface area contributed by atoms with Crippen molar-refractivity contribution < 1.29 is 14.0 Å². The molecule has 2 fully saturated rings. The molecule has 0 unspecified atom stereocenters. The van der Waals surface area contributed by atoms with Gasteiger partial charge in [-0.2, -0.15) is 11.8 Å². The number of carbonyl (C=O) groups is 2. The van der Waals surface area contributed by atoms with Gasteiger partial charge in [-0.15, -0.1) is 0 Å². The molecule has 1 aromatic rings. The first-order valence-electron chi connectivity index (χ1n) is 6.89. The molecule has 0 spiro atoms. The Hall–Kier alpha value is -1.43. The zero-order valence-corrected chi connectivity index (χ0v) is 12.2. The Bertz CT molecular complexity index is 528. The highest BCUT2D eigenvalue weighted by molar-refractivity contribution is 7.99. The van der Waals surface area contributed by atoms with Gasteiger partial charge in [0.15, 0.2) is 0 Å². The van der Waals surface area contributed by atoms with E-state index in [2.05, 4.69) is 5.32 Å². The van der Waals surface area contributed by atoms with Crippen LogP contribution >= 0.6 is 11.8 Å². The van der Waals surface area contributed by atoms with E-state index < -0.39 is 0 Å². The number of nitrogens with zero attached hydrogens (tertiary/aromatic N) is 1. The zero-order chi connectivity index (χ0) is 14.1. The molecule has 2 amide bonds. The van der Waals surface area contributed by atoms with Crippen LogP contribution in [0.4, 0.5) is 0 Å². The summed E-state index contributed by atoms with van der Waals surface area (Å²) < 4.78 is 5.69. The molecule has 2 atom stereocenters. The van der Waals surface area contributed by atoms with Gasteiger partial charge in [0.05, 0.1) is 6.04 Å². The molecule has 108 valence electrons. The van der Waals surface area contributed by atoms with Gasteiger partial charge in [0.25, 0.3) is 0 Å². The third-order valence-corrected chi connectivity index (χ3v) is 4.82. The van der Waals surface area contributed by atoms with Gasteiger partial charge in [-0.25, -0.2) is 0 Å². The van der Waals surface area contributed by atoms with E-state index in [0.717, 1.165) is 23.0 Å². The lowest BCUT2D eigenvalue weighted by atomic mass is 10.1. The summed E-state index contributed by atoms with van der Waals surface area (Å²) in [5, 5.41) is 2.76. The second-order valence-corrected chi connectivity index (χ2v) is 6.38. The zero-order valence-electron chi connectivity index (χ0n) is 11.4. The summed E-state index contributed by atoms with van der Waals surface area (Å²) in [6, 6.07) is 3.49. The highest BCUT2D eigenvalue weighted by Crippen LogP contribution is 2.31. The molecule has 0 bridgehead atoms. The van der Waals surface area contributed by atoms with Crippen LogP contribution in [0.2, 0.25) is 0 Å². The molecule has 1 N–H and O–H groups in total. The molecular formula is C14H18N2O3S. The van der Waals surface area contributed by atoms with E-state index in [9.17, 15) is 9.59 Å². The fourth-order valence-corrected chi connectivity index (χ4v) is 3.80. The predicted octanol–water partition coefficient (Wildman–Crippen LogP) is 1.48. The topological polar surface area (TPSA) is 62.6 Å². The Morgan fingerprint density at radius 2 is 2.35 bits per heavy atom. The lowest BCUT2D eigenvalue weighted by Crippen LogP contribution is -2.48. The maximum atomic E-state index is 12.6. The quantitative estimate of drug-likeness (QED) is 0.897. The van der Waals surface area contributed by atoms with E-state index >= 15 is 0 Å². The first-order valence-corrected chi connectivity index (χ1v) is 8.04. The number of furan rings is 1. The van der Waals surface area contributed by atoms with Crippen LogP contribution in [0.15, 0.2) is 16.5 Å². The summed E-state index contributed by atoms with van der Waals surface area (Å²) in [7, 11) is 0. The van der Waals surface area contributed by atoms with Crippen molar-refractivity contribution in [1.29, 1.82) is 0 Å². The molecule has 2 aliphatic heterocycles. The van der Waals surface area contributed by atoms with Gasteiger partial charge >= 0.3 is 0 Å². The Morgan fingerprint density at radius 3 is 3.00 bits per heavy atom. The van der Waals surface area contributed by atoms with Gasteiger partial charge < -0.3 is 14.6 Å². The van der Waals surface area contributed by atoms with Crippen molar-refractivity contribution in [3.05, 3.63) is 23.7 Å². The van der Waals surface area contributed by atoms with Gasteiger partial charge in [-0.05, 0) is 25.5 Å². The monoisotopic (exact) mass is 294 g/mol. The van der Waals surface area contributed by atoms with Crippen molar-refractivity contribution >= 4 is 23.6 Å². The summed E-state index contributed by atoms with van der Waals surface area (Å²) in [6.07, 6.45) is 1.05. The van der Waals surface area contributed by atoms with Crippen LogP contribution in [0.3, 0.4) is 0 Å². The number of amides is 2. The average molecular weight is 294 g/mol. The molecule has 5 nitrogen and oxygen atoms in total. The van der Waals surface area contributed by atoms with E-state index in [1.807, 2.05) is 35.7 Å². The second kappa shape index (κ2) is 5.52. The number of rotatable bonds is 2. The van der Waals surface area contributed by atoms with Crippen LogP contribution < -0.4 is 5.32 Å². The number of hydrogen-bond acceptors (Lipinski definition) is 4. The van der Waals surface area contributed by atoms with Crippen molar-refractivity contribution in [2.24, 2.45) is 0 Å². The SMILES string of the molecule is Cc1ccc([C@H]2CSCCN2C(=O)[C@H]2CCC(=O)N2)o1. The largest absolute Gasteiger partial charge is 0.464 e. The van der Waals surface area contributed by atoms with E-state index in [0.29, 0.717) is 19.4 Å². The molecule has 0 saturated carbocycles. The highest BCUT2D eigenvalue weighted by Gasteiger charge is 2.36. The Morgan fingerprint density at radius 1 is 1.50 bits per heavy atom. The van der Waals surface area contributed by atoms with Crippen LogP contribution in [0.5, 0.6) is 0 Å². The molecular weight excluding hydrogens is 276 g/mol. The molecule has 6 heteroatoms. The molecule has 20 heavy (non-hydrogen) atoms. The van der Waals surface area contributed by atoms with Crippen molar-refractivity contribution in [2.75, 3.05) is 18.1 Å². The Balaban J connectivity index is 1.78. The molecule has 0 aromatic carbocycles. The lowest BCUT2D eigenvalue weighted by molar-refractivity contribution is -0.136. The normalized spacial score (nSPS) is 26.6. The molecule has 3 rings (SSSR count). The molecule has 3 heterocycles. The third-order valence-electron chi connectivity index (χ3n) is 3.79. The minimum atomic E-state index is -0.357. The van der Waals surface area contributed by atoms with Crippen LogP contribution in [0, 0.1) is 6.92 Å². The van der Waals surface area contributed by atoms with Gasteiger partial charge in [0.1, 0.15) is 17.6 Å². The summed E-state index contributed by atoms with van der Waals surface area (Å²) >= 11 is 1.83. The highest BCUT2D eigenvalue weighted by atomic mass is 32.2. The molecule has 2 aliphatic rings. The Labute approximate surface area is 122 Å². The maximum Gasteiger partial charge on any atom is 0.245 e. The van der Waals surface area contributed by atoms with Crippen molar-refractivity contribution in [3.63, 3.8) is 0 Å². The molecule has 1 aromatic heterocycles. The predicted molar refractivity (Wildman–Crippen MR) is 76.4 cm³/mol. The van der Waals surface area contributed by atoms with Gasteiger partial charge in [-0.3, -0.25) is 9.59 Å². The standard InChI is InChI=1S/C14H18N2O3S/c1-9-2-4-12(19-9)11-8-20-7-6-16(11)14(18)10-3-5-13(17)15-10/h2,4,10-11H,3,5-8H2,1H3,(H,15,17)/t10-,11-/m1/s1. The number of nitrogens with one attached hydrogen (secondary N) is 1. The number of thioether (sulfide) groups is 1. The second-order valence-electron chi connectivity index (χ2n) is 5.23. The maximum absolute atomic E-state index is 12.6. The van der Waals surface area contributed by atoms with E-state index in [4.69, 9.17) is 4.42 Å². The lowest BCUT2D eigenvalue weighted by Gasteiger charge is -2.35. The first kappa shape index (κ1) is 13.5. The van der Waals surface area contributed by atoms with Crippen LogP contribution in [0.25, 0.3) is 0 Å². The fourth-order valence-electron chi connectivity index (χ4n) is 2.74. The molecule has 2 saturated heterocycles. The molecule has 0 aliphatic carbocycles. The minimum absolute atomic E-state index is 0.0209. The number of carbonyl (C=O) groups excluding carboxylic acids is 2. The average Bonchev–Trinajstić information content (AvgIpc) is 3.07.